The number of nitrogens with zero attached hydrogens (tertiary/aromatic N) is 2. The Hall–Kier alpha value is -3.69. The van der Waals surface area contributed by atoms with Crippen molar-refractivity contribution < 1.29 is 27.4 Å². The SMILES string of the molecule is COc1ccc2ncc(F)c(/C=C/[C@@H]3CC[C@@H](NC/C=C/c4cc(F)ccc4F)[C@@H](CC(=O)N(C)C)O3)c2c1. The molecule has 0 spiro atoms. The van der Waals surface area contributed by atoms with E-state index in [1.807, 2.05) is 6.08 Å². The van der Waals surface area contributed by atoms with E-state index < -0.39 is 23.6 Å². The fourth-order valence-corrected chi connectivity index (χ4v) is 4.55. The van der Waals surface area contributed by atoms with Crippen molar-refractivity contribution in [3.05, 3.63) is 83.3 Å². The lowest BCUT2D eigenvalue weighted by atomic mass is 9.95. The van der Waals surface area contributed by atoms with Crippen LogP contribution in [0.15, 0.2) is 54.7 Å². The minimum atomic E-state index is -0.509. The number of halogens is 3. The second kappa shape index (κ2) is 12.9. The number of ether oxygens (including phenoxy) is 2. The maximum Gasteiger partial charge on any atom is 0.224 e. The van der Waals surface area contributed by atoms with E-state index in [-0.39, 0.29) is 30.0 Å². The lowest BCUT2D eigenvalue weighted by Crippen LogP contribution is -2.48. The third-order valence-electron chi connectivity index (χ3n) is 6.73. The number of rotatable bonds is 9. The molecule has 3 atom stereocenters. The van der Waals surface area contributed by atoms with Crippen LogP contribution in [0.1, 0.15) is 30.4 Å². The van der Waals surface area contributed by atoms with Crippen molar-refractivity contribution in [2.45, 2.75) is 37.5 Å². The summed E-state index contributed by atoms with van der Waals surface area (Å²) in [5, 5.41) is 3.98. The summed E-state index contributed by atoms with van der Waals surface area (Å²) >= 11 is 0. The zero-order valence-electron chi connectivity index (χ0n) is 22.2. The number of pyridine rings is 1. The molecule has 0 radical (unpaired) electrons. The average molecular weight is 540 g/mol. The number of carbonyl (C=O) groups excluding carboxylic acids is 1. The minimum absolute atomic E-state index is 0.0768. The fourth-order valence-electron chi connectivity index (χ4n) is 4.55. The summed E-state index contributed by atoms with van der Waals surface area (Å²) in [6.07, 6.45) is 8.69. The molecule has 1 aliphatic rings. The Morgan fingerprint density at radius 1 is 1.13 bits per heavy atom. The van der Waals surface area contributed by atoms with Gasteiger partial charge < -0.3 is 19.7 Å². The molecule has 9 heteroatoms. The van der Waals surface area contributed by atoms with Crippen molar-refractivity contribution in [1.29, 1.82) is 0 Å². The first-order valence-corrected chi connectivity index (χ1v) is 12.8. The van der Waals surface area contributed by atoms with Crippen LogP contribution in [0, 0.1) is 17.5 Å². The Labute approximate surface area is 226 Å². The molecule has 1 fully saturated rings. The Balaban J connectivity index is 1.46. The molecule has 39 heavy (non-hydrogen) atoms. The maximum absolute atomic E-state index is 14.7. The van der Waals surface area contributed by atoms with Gasteiger partial charge in [0.25, 0.3) is 0 Å². The molecule has 2 aromatic carbocycles. The number of carbonyl (C=O) groups is 1. The van der Waals surface area contributed by atoms with E-state index in [1.54, 1.807) is 51.6 Å². The van der Waals surface area contributed by atoms with Crippen LogP contribution in [0.3, 0.4) is 0 Å². The number of benzene rings is 2. The lowest BCUT2D eigenvalue weighted by Gasteiger charge is -2.36. The highest BCUT2D eigenvalue weighted by atomic mass is 19.1. The van der Waals surface area contributed by atoms with Gasteiger partial charge in [-0.05, 0) is 49.2 Å². The zero-order valence-corrected chi connectivity index (χ0v) is 22.2. The van der Waals surface area contributed by atoms with Gasteiger partial charge in [-0.3, -0.25) is 9.78 Å². The second-order valence-corrected chi connectivity index (χ2v) is 9.63. The zero-order chi connectivity index (χ0) is 27.9. The monoisotopic (exact) mass is 539 g/mol. The summed E-state index contributed by atoms with van der Waals surface area (Å²) in [4.78, 5) is 18.2. The summed E-state index contributed by atoms with van der Waals surface area (Å²) < 4.78 is 53.6. The molecule has 206 valence electrons. The molecule has 1 aromatic heterocycles. The molecule has 2 heterocycles. The number of hydrogen-bond donors (Lipinski definition) is 1. The predicted molar refractivity (Wildman–Crippen MR) is 146 cm³/mol. The van der Waals surface area contributed by atoms with Crippen LogP contribution in [0.4, 0.5) is 13.2 Å². The van der Waals surface area contributed by atoms with Crippen LogP contribution in [0.25, 0.3) is 23.1 Å². The van der Waals surface area contributed by atoms with Crippen LogP contribution in [-0.2, 0) is 9.53 Å². The van der Waals surface area contributed by atoms with Gasteiger partial charge >= 0.3 is 0 Å². The van der Waals surface area contributed by atoms with Crippen molar-refractivity contribution in [1.82, 2.24) is 15.2 Å². The van der Waals surface area contributed by atoms with E-state index in [0.717, 1.165) is 18.2 Å². The molecule has 1 aliphatic heterocycles. The number of methoxy groups -OCH3 is 1. The minimum Gasteiger partial charge on any atom is -0.497 e. The van der Waals surface area contributed by atoms with Crippen molar-refractivity contribution >= 4 is 29.0 Å². The molecule has 6 nitrogen and oxygen atoms in total. The van der Waals surface area contributed by atoms with E-state index in [1.165, 1.54) is 17.2 Å². The standard InChI is InChI=1S/C30H32F3N3O3/c1-36(2)30(37)17-29-28(34-14-4-5-19-15-20(31)6-11-25(19)32)13-8-21(39-29)7-10-23-24-16-22(38-3)9-12-27(24)35-18-26(23)33/h4-7,9-12,15-16,18,21,28-29,34H,8,13-14,17H2,1-3H3/b5-4+,10-7+/t21-,28-,29-/m1/s1. The number of hydrogen-bond acceptors (Lipinski definition) is 5. The highest BCUT2D eigenvalue weighted by Gasteiger charge is 2.32. The highest BCUT2D eigenvalue weighted by molar-refractivity contribution is 5.89. The third-order valence-corrected chi connectivity index (χ3v) is 6.73. The van der Waals surface area contributed by atoms with Gasteiger partial charge in [-0.25, -0.2) is 13.2 Å². The molecule has 1 saturated heterocycles. The van der Waals surface area contributed by atoms with Gasteiger partial charge in [0, 0.05) is 43.2 Å². The van der Waals surface area contributed by atoms with Crippen molar-refractivity contribution in [3.8, 4) is 5.75 Å². The summed E-state index contributed by atoms with van der Waals surface area (Å²) in [6.45, 7) is 0.382. The first kappa shape index (κ1) is 28.3. The normalized spacial score (nSPS) is 19.7. The summed E-state index contributed by atoms with van der Waals surface area (Å²) in [5.74, 6) is -0.946. The van der Waals surface area contributed by atoms with Crippen molar-refractivity contribution in [3.63, 3.8) is 0 Å². The summed E-state index contributed by atoms with van der Waals surface area (Å²) in [6, 6.07) is 8.45. The lowest BCUT2D eigenvalue weighted by molar-refractivity contribution is -0.135. The average Bonchev–Trinajstić information content (AvgIpc) is 2.92. The molecule has 0 unspecified atom stereocenters. The van der Waals surface area contributed by atoms with Gasteiger partial charge in [0.2, 0.25) is 5.91 Å². The summed E-state index contributed by atoms with van der Waals surface area (Å²) in [5.41, 5.74) is 1.19. The van der Waals surface area contributed by atoms with Gasteiger partial charge in [0.15, 0.2) is 0 Å². The molecule has 0 bridgehead atoms. The Bertz CT molecular complexity index is 1380. The fraction of sp³-hybridized carbons (Fsp3) is 0.333. The van der Waals surface area contributed by atoms with E-state index in [4.69, 9.17) is 9.47 Å². The van der Waals surface area contributed by atoms with Crippen LogP contribution in [0.5, 0.6) is 5.75 Å². The van der Waals surface area contributed by atoms with E-state index in [0.29, 0.717) is 41.6 Å². The van der Waals surface area contributed by atoms with Crippen molar-refractivity contribution in [2.75, 3.05) is 27.7 Å². The molecule has 0 saturated carbocycles. The molecular weight excluding hydrogens is 507 g/mol. The molecule has 1 amide bonds. The molecule has 1 N–H and O–H groups in total. The van der Waals surface area contributed by atoms with Gasteiger partial charge in [-0.1, -0.05) is 24.3 Å². The first-order valence-electron chi connectivity index (χ1n) is 12.8. The van der Waals surface area contributed by atoms with E-state index >= 15 is 0 Å². The van der Waals surface area contributed by atoms with Crippen LogP contribution in [0.2, 0.25) is 0 Å². The molecule has 3 aromatic rings. The van der Waals surface area contributed by atoms with Crippen LogP contribution in [-0.4, -0.2) is 61.8 Å². The van der Waals surface area contributed by atoms with Gasteiger partial charge in [0.1, 0.15) is 23.2 Å². The number of aromatic nitrogens is 1. The summed E-state index contributed by atoms with van der Waals surface area (Å²) in [7, 11) is 4.92. The molecule has 0 aliphatic carbocycles. The molecule has 4 rings (SSSR count). The first-order chi connectivity index (χ1) is 18.7. The Morgan fingerprint density at radius 2 is 1.95 bits per heavy atom. The van der Waals surface area contributed by atoms with Crippen molar-refractivity contribution in [2.24, 2.45) is 0 Å². The maximum atomic E-state index is 14.7. The second-order valence-electron chi connectivity index (χ2n) is 9.63. The Kier molecular flexibility index (Phi) is 9.37. The Morgan fingerprint density at radius 3 is 2.72 bits per heavy atom. The van der Waals surface area contributed by atoms with Gasteiger partial charge in [-0.15, -0.1) is 0 Å². The smallest absolute Gasteiger partial charge is 0.224 e. The number of amides is 1. The van der Waals surface area contributed by atoms with Gasteiger partial charge in [0.05, 0.1) is 37.5 Å². The van der Waals surface area contributed by atoms with Gasteiger partial charge in [-0.2, -0.15) is 0 Å². The highest BCUT2D eigenvalue weighted by Crippen LogP contribution is 2.28. The molecular formula is C30H32F3N3O3. The topological polar surface area (TPSA) is 63.7 Å². The van der Waals surface area contributed by atoms with Crippen LogP contribution < -0.4 is 10.1 Å². The van der Waals surface area contributed by atoms with E-state index in [9.17, 15) is 18.0 Å². The quantitative estimate of drug-likeness (QED) is 0.396. The largest absolute Gasteiger partial charge is 0.497 e. The number of fused-ring (bicyclic) bond motifs is 1. The van der Waals surface area contributed by atoms with Crippen LogP contribution >= 0.6 is 0 Å². The number of nitrogens with one attached hydrogen (secondary N) is 1. The predicted octanol–water partition coefficient (Wildman–Crippen LogP) is 5.37. The third kappa shape index (κ3) is 7.25. The van der Waals surface area contributed by atoms with E-state index in [2.05, 4.69) is 10.3 Å².